The SMILES string of the molecule is Cc1cc(NC(=O)CN(C)C(=O)c2cc(Cl)c(Cl)[nH]2)no1. The number of nitrogens with zero attached hydrogens (tertiary/aromatic N) is 2. The van der Waals surface area contributed by atoms with Gasteiger partial charge in [0, 0.05) is 13.1 Å². The molecule has 0 aliphatic heterocycles. The Bertz CT molecular complexity index is 660. The topological polar surface area (TPSA) is 91.2 Å². The molecule has 0 aromatic carbocycles. The normalized spacial score (nSPS) is 10.5. The number of carbonyl (C=O) groups is 2. The number of aromatic nitrogens is 2. The maximum Gasteiger partial charge on any atom is 0.270 e. The van der Waals surface area contributed by atoms with Gasteiger partial charge in [-0.2, -0.15) is 0 Å². The second-order valence-corrected chi connectivity index (χ2v) is 5.16. The molecule has 0 fully saturated rings. The summed E-state index contributed by atoms with van der Waals surface area (Å²) in [4.78, 5) is 27.7. The molecule has 112 valence electrons. The zero-order valence-electron chi connectivity index (χ0n) is 11.2. The molecule has 2 N–H and O–H groups in total. The first-order chi connectivity index (χ1) is 9.86. The maximum atomic E-state index is 12.1. The van der Waals surface area contributed by atoms with Gasteiger partial charge in [-0.05, 0) is 13.0 Å². The second kappa shape index (κ2) is 6.19. The van der Waals surface area contributed by atoms with Gasteiger partial charge in [0.15, 0.2) is 5.82 Å². The van der Waals surface area contributed by atoms with E-state index in [-0.39, 0.29) is 22.4 Å². The van der Waals surface area contributed by atoms with E-state index in [0.29, 0.717) is 11.6 Å². The Labute approximate surface area is 130 Å². The molecule has 0 aliphatic carbocycles. The van der Waals surface area contributed by atoms with Gasteiger partial charge in [-0.3, -0.25) is 9.59 Å². The smallest absolute Gasteiger partial charge is 0.270 e. The Morgan fingerprint density at radius 3 is 2.67 bits per heavy atom. The summed E-state index contributed by atoms with van der Waals surface area (Å²) in [7, 11) is 1.48. The molecular formula is C12H12Cl2N4O3. The zero-order valence-corrected chi connectivity index (χ0v) is 12.7. The third kappa shape index (κ3) is 3.77. The largest absolute Gasteiger partial charge is 0.360 e. The van der Waals surface area contributed by atoms with Crippen molar-refractivity contribution in [2.75, 3.05) is 18.9 Å². The lowest BCUT2D eigenvalue weighted by Gasteiger charge is -2.15. The fourth-order valence-electron chi connectivity index (χ4n) is 1.62. The van der Waals surface area contributed by atoms with E-state index in [0.717, 1.165) is 0 Å². The van der Waals surface area contributed by atoms with E-state index in [1.54, 1.807) is 13.0 Å². The van der Waals surface area contributed by atoms with Crippen LogP contribution in [0.15, 0.2) is 16.7 Å². The molecule has 0 radical (unpaired) electrons. The summed E-state index contributed by atoms with van der Waals surface area (Å²) in [6.07, 6.45) is 0. The van der Waals surface area contributed by atoms with Crippen LogP contribution in [0.3, 0.4) is 0 Å². The third-order valence-electron chi connectivity index (χ3n) is 2.58. The van der Waals surface area contributed by atoms with Crippen LogP contribution in [0, 0.1) is 6.92 Å². The molecule has 2 aromatic heterocycles. The lowest BCUT2D eigenvalue weighted by molar-refractivity contribution is -0.116. The van der Waals surface area contributed by atoms with Gasteiger partial charge in [0.05, 0.1) is 11.6 Å². The third-order valence-corrected chi connectivity index (χ3v) is 3.27. The van der Waals surface area contributed by atoms with Crippen molar-refractivity contribution in [2.24, 2.45) is 0 Å². The summed E-state index contributed by atoms with van der Waals surface area (Å²) in [6, 6.07) is 2.98. The number of aryl methyl sites for hydroxylation is 1. The maximum absolute atomic E-state index is 12.1. The van der Waals surface area contributed by atoms with Crippen LogP contribution < -0.4 is 5.32 Å². The standard InChI is InChI=1S/C12H12Cl2N4O3/c1-6-3-9(17-21-6)16-10(19)5-18(2)12(20)8-4-7(13)11(14)15-8/h3-4,15H,5H2,1-2H3,(H,16,17,19). The van der Waals surface area contributed by atoms with Crippen LogP contribution in [0.25, 0.3) is 0 Å². The number of likely N-dealkylation sites (N-methyl/N-ethyl adjacent to an activating group) is 1. The van der Waals surface area contributed by atoms with Gasteiger partial charge in [0.2, 0.25) is 5.91 Å². The molecule has 2 aromatic rings. The summed E-state index contributed by atoms with van der Waals surface area (Å²) in [6.45, 7) is 1.55. The number of aromatic amines is 1. The fourth-order valence-corrected chi connectivity index (χ4v) is 1.93. The van der Waals surface area contributed by atoms with Crippen molar-refractivity contribution in [3.05, 3.63) is 33.8 Å². The molecule has 0 bridgehead atoms. The van der Waals surface area contributed by atoms with Gasteiger partial charge in [0.1, 0.15) is 16.6 Å². The number of hydrogen-bond acceptors (Lipinski definition) is 4. The Balaban J connectivity index is 1.95. The van der Waals surface area contributed by atoms with Crippen LogP contribution in [0.5, 0.6) is 0 Å². The van der Waals surface area contributed by atoms with Crippen LogP contribution in [0.4, 0.5) is 5.82 Å². The summed E-state index contributed by atoms with van der Waals surface area (Å²) >= 11 is 11.5. The highest BCUT2D eigenvalue weighted by Crippen LogP contribution is 2.22. The Kier molecular flexibility index (Phi) is 4.54. The van der Waals surface area contributed by atoms with E-state index in [2.05, 4.69) is 15.5 Å². The summed E-state index contributed by atoms with van der Waals surface area (Å²) < 4.78 is 4.82. The van der Waals surface area contributed by atoms with Gasteiger partial charge in [-0.15, -0.1) is 0 Å². The van der Waals surface area contributed by atoms with E-state index < -0.39 is 11.8 Å². The van der Waals surface area contributed by atoms with Gasteiger partial charge in [0.25, 0.3) is 5.91 Å². The molecule has 2 amide bonds. The van der Waals surface area contributed by atoms with Crippen molar-refractivity contribution < 1.29 is 14.1 Å². The monoisotopic (exact) mass is 330 g/mol. The first kappa shape index (κ1) is 15.4. The van der Waals surface area contributed by atoms with Gasteiger partial charge in [-0.25, -0.2) is 0 Å². The first-order valence-electron chi connectivity index (χ1n) is 5.89. The second-order valence-electron chi connectivity index (χ2n) is 4.38. The molecule has 0 atom stereocenters. The van der Waals surface area contributed by atoms with Crippen molar-refractivity contribution in [1.82, 2.24) is 15.0 Å². The van der Waals surface area contributed by atoms with Crippen molar-refractivity contribution in [1.29, 1.82) is 0 Å². The quantitative estimate of drug-likeness (QED) is 0.899. The molecular weight excluding hydrogens is 319 g/mol. The first-order valence-corrected chi connectivity index (χ1v) is 6.65. The average molecular weight is 331 g/mol. The van der Waals surface area contributed by atoms with E-state index in [4.69, 9.17) is 27.7 Å². The van der Waals surface area contributed by atoms with Gasteiger partial charge in [-0.1, -0.05) is 28.4 Å². The molecule has 0 saturated carbocycles. The minimum atomic E-state index is -0.407. The van der Waals surface area contributed by atoms with Gasteiger partial charge >= 0.3 is 0 Å². The predicted molar refractivity (Wildman–Crippen MR) is 77.6 cm³/mol. The summed E-state index contributed by atoms with van der Waals surface area (Å²) in [5.74, 6) is 0.0629. The Morgan fingerprint density at radius 1 is 1.43 bits per heavy atom. The van der Waals surface area contributed by atoms with Crippen LogP contribution in [-0.2, 0) is 4.79 Å². The van der Waals surface area contributed by atoms with Crippen molar-refractivity contribution in [2.45, 2.75) is 6.92 Å². The number of halogens is 2. The van der Waals surface area contributed by atoms with Crippen LogP contribution in [-0.4, -0.2) is 40.4 Å². The highest BCUT2D eigenvalue weighted by Gasteiger charge is 2.18. The van der Waals surface area contributed by atoms with E-state index >= 15 is 0 Å². The van der Waals surface area contributed by atoms with Crippen LogP contribution >= 0.6 is 23.2 Å². The average Bonchev–Trinajstić information content (AvgIpc) is 2.95. The molecule has 0 aliphatic rings. The van der Waals surface area contributed by atoms with Crippen molar-refractivity contribution in [3.63, 3.8) is 0 Å². The molecule has 7 nitrogen and oxygen atoms in total. The highest BCUT2D eigenvalue weighted by atomic mass is 35.5. The lowest BCUT2D eigenvalue weighted by Crippen LogP contribution is -2.35. The van der Waals surface area contributed by atoms with Crippen molar-refractivity contribution >= 4 is 40.8 Å². The van der Waals surface area contributed by atoms with Crippen LogP contribution in [0.1, 0.15) is 16.2 Å². The summed E-state index contributed by atoms with van der Waals surface area (Å²) in [5.41, 5.74) is 0.206. The Hall–Kier alpha value is -1.99. The molecule has 9 heteroatoms. The minimum absolute atomic E-state index is 0.154. The van der Waals surface area contributed by atoms with E-state index in [1.807, 2.05) is 0 Å². The number of amides is 2. The molecule has 0 unspecified atom stereocenters. The highest BCUT2D eigenvalue weighted by molar-refractivity contribution is 6.41. The molecule has 21 heavy (non-hydrogen) atoms. The van der Waals surface area contributed by atoms with E-state index in [1.165, 1.54) is 18.0 Å². The zero-order chi connectivity index (χ0) is 15.6. The number of rotatable bonds is 4. The molecule has 2 heterocycles. The van der Waals surface area contributed by atoms with Gasteiger partial charge < -0.3 is 19.7 Å². The minimum Gasteiger partial charge on any atom is -0.360 e. The molecule has 0 saturated heterocycles. The predicted octanol–water partition coefficient (Wildman–Crippen LogP) is 2.33. The number of nitrogens with one attached hydrogen (secondary N) is 2. The number of carbonyl (C=O) groups excluding carboxylic acids is 2. The number of hydrogen-bond donors (Lipinski definition) is 2. The molecule has 2 rings (SSSR count). The molecule has 0 spiro atoms. The Morgan fingerprint density at radius 2 is 2.14 bits per heavy atom. The lowest BCUT2D eigenvalue weighted by atomic mass is 10.3. The fraction of sp³-hybridized carbons (Fsp3) is 0.250. The van der Waals surface area contributed by atoms with E-state index in [9.17, 15) is 9.59 Å². The van der Waals surface area contributed by atoms with Crippen LogP contribution in [0.2, 0.25) is 10.2 Å². The van der Waals surface area contributed by atoms with Crippen molar-refractivity contribution in [3.8, 4) is 0 Å². The number of anilines is 1. The number of H-pyrrole nitrogens is 1. The summed E-state index contributed by atoms with van der Waals surface area (Å²) in [5, 5.41) is 6.57.